The highest BCUT2D eigenvalue weighted by molar-refractivity contribution is 6.29. The zero-order valence-electron chi connectivity index (χ0n) is 14.3. The lowest BCUT2D eigenvalue weighted by atomic mass is 9.69. The Balaban J connectivity index is 1.62. The number of morpholine rings is 1. The monoisotopic (exact) mass is 356 g/mol. The Bertz CT molecular complexity index is 800. The van der Waals surface area contributed by atoms with E-state index < -0.39 is 5.41 Å². The van der Waals surface area contributed by atoms with Crippen LogP contribution in [0.25, 0.3) is 0 Å². The van der Waals surface area contributed by atoms with E-state index in [0.29, 0.717) is 10.7 Å². The summed E-state index contributed by atoms with van der Waals surface area (Å²) in [6, 6.07) is 11.9. The number of benzene rings is 1. The summed E-state index contributed by atoms with van der Waals surface area (Å²) in [7, 11) is 0. The quantitative estimate of drug-likeness (QED) is 0.770. The minimum Gasteiger partial charge on any atom is -0.378 e. The smallest absolute Gasteiger partial charge is 0.174 e. The molecule has 0 amide bonds. The van der Waals surface area contributed by atoms with Gasteiger partial charge in [0, 0.05) is 24.3 Å². The van der Waals surface area contributed by atoms with Gasteiger partial charge < -0.3 is 9.64 Å². The van der Waals surface area contributed by atoms with E-state index in [2.05, 4.69) is 34.1 Å². The van der Waals surface area contributed by atoms with E-state index in [9.17, 15) is 4.79 Å². The highest BCUT2D eigenvalue weighted by Crippen LogP contribution is 2.38. The summed E-state index contributed by atoms with van der Waals surface area (Å²) >= 11 is 5.97. The SMILES string of the molecule is CC1(c2ccc(N3CCOCC3)cc2)CCc2nc(Cl)ccc2C1=O. The molecule has 1 aromatic carbocycles. The number of Topliss-reactive ketones (excluding diaryl/α,β-unsaturated/α-hetero) is 1. The highest BCUT2D eigenvalue weighted by atomic mass is 35.5. The molecule has 1 fully saturated rings. The average molecular weight is 357 g/mol. The standard InChI is InChI=1S/C20H21ClN2O2/c1-20(9-8-17-16(19(20)24)6-7-18(21)22-17)14-2-4-15(5-3-14)23-10-12-25-13-11-23/h2-7H,8-13H2,1H3. The van der Waals surface area contributed by atoms with Crippen LogP contribution in [-0.4, -0.2) is 37.1 Å². The van der Waals surface area contributed by atoms with Gasteiger partial charge in [-0.15, -0.1) is 0 Å². The lowest BCUT2D eigenvalue weighted by molar-refractivity contribution is 0.0874. The molecule has 0 N–H and O–H groups in total. The molecule has 1 aliphatic heterocycles. The van der Waals surface area contributed by atoms with E-state index in [1.165, 1.54) is 5.69 Å². The number of rotatable bonds is 2. The summed E-state index contributed by atoms with van der Waals surface area (Å²) in [5.41, 5.74) is 3.27. The molecule has 0 bridgehead atoms. The van der Waals surface area contributed by atoms with Gasteiger partial charge in [-0.25, -0.2) is 4.98 Å². The molecule has 0 radical (unpaired) electrons. The van der Waals surface area contributed by atoms with Crippen LogP contribution in [0.1, 0.15) is 35.0 Å². The second-order valence-electron chi connectivity index (χ2n) is 6.94. The normalized spacial score (nSPS) is 23.4. The maximum absolute atomic E-state index is 13.1. The first-order chi connectivity index (χ1) is 12.1. The number of anilines is 1. The first-order valence-corrected chi connectivity index (χ1v) is 9.09. The highest BCUT2D eigenvalue weighted by Gasteiger charge is 2.40. The number of pyridine rings is 1. The zero-order valence-corrected chi connectivity index (χ0v) is 15.1. The first-order valence-electron chi connectivity index (χ1n) is 8.71. The topological polar surface area (TPSA) is 42.4 Å². The lowest BCUT2D eigenvalue weighted by Gasteiger charge is -2.34. The van der Waals surface area contributed by atoms with Crippen LogP contribution < -0.4 is 4.90 Å². The van der Waals surface area contributed by atoms with Crippen molar-refractivity contribution in [1.82, 2.24) is 4.98 Å². The molecular formula is C20H21ClN2O2. The fraction of sp³-hybridized carbons (Fsp3) is 0.400. The number of ether oxygens (including phenoxy) is 1. The molecule has 0 saturated carbocycles. The maximum Gasteiger partial charge on any atom is 0.174 e. The van der Waals surface area contributed by atoms with Gasteiger partial charge in [0.1, 0.15) is 5.15 Å². The van der Waals surface area contributed by atoms with Crippen molar-refractivity contribution in [2.75, 3.05) is 31.2 Å². The number of hydrogen-bond acceptors (Lipinski definition) is 4. The number of halogens is 1. The molecule has 1 aromatic heterocycles. The number of aryl methyl sites for hydroxylation is 1. The molecule has 1 saturated heterocycles. The molecule has 2 aromatic rings. The molecular weight excluding hydrogens is 336 g/mol. The van der Waals surface area contributed by atoms with Crippen molar-refractivity contribution in [3.63, 3.8) is 0 Å². The fourth-order valence-electron chi connectivity index (χ4n) is 3.79. The van der Waals surface area contributed by atoms with Crippen LogP contribution in [0.4, 0.5) is 5.69 Å². The molecule has 5 heteroatoms. The Labute approximate surface area is 152 Å². The number of ketones is 1. The number of carbonyl (C=O) groups is 1. The lowest BCUT2D eigenvalue weighted by Crippen LogP contribution is -2.38. The Morgan fingerprint density at radius 3 is 2.56 bits per heavy atom. The van der Waals surface area contributed by atoms with Crippen molar-refractivity contribution in [3.8, 4) is 0 Å². The van der Waals surface area contributed by atoms with Crippen molar-refractivity contribution < 1.29 is 9.53 Å². The van der Waals surface area contributed by atoms with Crippen molar-refractivity contribution in [1.29, 1.82) is 0 Å². The third kappa shape index (κ3) is 2.94. The van der Waals surface area contributed by atoms with Crippen molar-refractivity contribution >= 4 is 23.1 Å². The van der Waals surface area contributed by atoms with E-state index in [1.807, 2.05) is 13.0 Å². The van der Waals surface area contributed by atoms with Gasteiger partial charge in [-0.2, -0.15) is 0 Å². The van der Waals surface area contributed by atoms with Crippen molar-refractivity contribution in [2.24, 2.45) is 0 Å². The average Bonchev–Trinajstić information content (AvgIpc) is 2.66. The first kappa shape index (κ1) is 16.6. The predicted octanol–water partition coefficient (Wildman–Crippen LogP) is 3.66. The fourth-order valence-corrected chi connectivity index (χ4v) is 3.95. The molecule has 4 nitrogen and oxygen atoms in total. The predicted molar refractivity (Wildman–Crippen MR) is 98.7 cm³/mol. The Morgan fingerprint density at radius 1 is 1.12 bits per heavy atom. The molecule has 2 heterocycles. The summed E-state index contributed by atoms with van der Waals surface area (Å²) in [4.78, 5) is 19.8. The number of carbonyl (C=O) groups excluding carboxylic acids is 1. The van der Waals surface area contributed by atoms with Crippen LogP contribution in [0.2, 0.25) is 5.15 Å². The van der Waals surface area contributed by atoms with Gasteiger partial charge in [-0.1, -0.05) is 23.7 Å². The summed E-state index contributed by atoms with van der Waals surface area (Å²) in [5.74, 6) is 0.136. The summed E-state index contributed by atoms with van der Waals surface area (Å²) in [5, 5.41) is 0.449. The molecule has 25 heavy (non-hydrogen) atoms. The number of fused-ring (bicyclic) bond motifs is 1. The number of aromatic nitrogens is 1. The van der Waals surface area contributed by atoms with Gasteiger partial charge in [-0.3, -0.25) is 4.79 Å². The molecule has 2 aliphatic rings. The Hall–Kier alpha value is -1.91. The molecule has 1 unspecified atom stereocenters. The molecule has 1 aliphatic carbocycles. The number of nitrogens with zero attached hydrogens (tertiary/aromatic N) is 2. The van der Waals surface area contributed by atoms with Crippen LogP contribution in [0, 0.1) is 0 Å². The molecule has 4 rings (SSSR count). The van der Waals surface area contributed by atoms with E-state index in [1.54, 1.807) is 6.07 Å². The third-order valence-corrected chi connectivity index (χ3v) is 5.64. The summed E-state index contributed by atoms with van der Waals surface area (Å²) in [6.07, 6.45) is 1.52. The Morgan fingerprint density at radius 2 is 1.84 bits per heavy atom. The van der Waals surface area contributed by atoms with E-state index in [4.69, 9.17) is 16.3 Å². The molecule has 1 atom stereocenters. The number of hydrogen-bond donors (Lipinski definition) is 0. The van der Waals surface area contributed by atoms with Gasteiger partial charge in [-0.05, 0) is 49.6 Å². The zero-order chi connectivity index (χ0) is 17.4. The van der Waals surface area contributed by atoms with E-state index >= 15 is 0 Å². The van der Waals surface area contributed by atoms with Crippen LogP contribution in [0.15, 0.2) is 36.4 Å². The minimum atomic E-state index is -0.508. The van der Waals surface area contributed by atoms with Crippen molar-refractivity contribution in [3.05, 3.63) is 58.4 Å². The van der Waals surface area contributed by atoms with Crippen LogP contribution in [0.5, 0.6) is 0 Å². The largest absolute Gasteiger partial charge is 0.378 e. The van der Waals surface area contributed by atoms with Crippen molar-refractivity contribution in [2.45, 2.75) is 25.2 Å². The van der Waals surface area contributed by atoms with Gasteiger partial charge in [0.25, 0.3) is 0 Å². The molecule has 0 spiro atoms. The molecule has 130 valence electrons. The van der Waals surface area contributed by atoms with Gasteiger partial charge in [0.2, 0.25) is 0 Å². The second-order valence-corrected chi connectivity index (χ2v) is 7.32. The minimum absolute atomic E-state index is 0.136. The van der Waals surface area contributed by atoms with Gasteiger partial charge in [0.05, 0.1) is 24.3 Å². The van der Waals surface area contributed by atoms with Gasteiger partial charge in [0.15, 0.2) is 5.78 Å². The van der Waals surface area contributed by atoms with E-state index in [-0.39, 0.29) is 5.78 Å². The van der Waals surface area contributed by atoms with Crippen LogP contribution >= 0.6 is 11.6 Å². The van der Waals surface area contributed by atoms with Crippen LogP contribution in [0.3, 0.4) is 0 Å². The maximum atomic E-state index is 13.1. The second kappa shape index (κ2) is 6.43. The van der Waals surface area contributed by atoms with Crippen LogP contribution in [-0.2, 0) is 16.6 Å². The van der Waals surface area contributed by atoms with E-state index in [0.717, 1.165) is 50.4 Å². The summed E-state index contributed by atoms with van der Waals surface area (Å²) < 4.78 is 5.41. The summed E-state index contributed by atoms with van der Waals surface area (Å²) in [6.45, 7) is 5.40. The Kier molecular flexibility index (Phi) is 4.26. The third-order valence-electron chi connectivity index (χ3n) is 5.43. The van der Waals surface area contributed by atoms with Gasteiger partial charge >= 0.3 is 0 Å².